The van der Waals surface area contributed by atoms with Crippen molar-refractivity contribution < 1.29 is 70.2 Å². The highest BCUT2D eigenvalue weighted by Crippen LogP contribution is 2.50. The van der Waals surface area contributed by atoms with E-state index < -0.39 is 70.8 Å². The van der Waals surface area contributed by atoms with E-state index in [-0.39, 0.29) is 44.7 Å². The van der Waals surface area contributed by atoms with Crippen LogP contribution in [0.1, 0.15) is 38.5 Å². The van der Waals surface area contributed by atoms with Crippen molar-refractivity contribution >= 4 is 27.3 Å². The molecule has 318 valence electrons. The van der Waals surface area contributed by atoms with Crippen LogP contribution < -0.4 is 22.8 Å². The molecule has 0 radical (unpaired) electrons. The second kappa shape index (κ2) is 23.6. The van der Waals surface area contributed by atoms with Gasteiger partial charge in [0, 0.05) is 19.0 Å². The smallest absolute Gasteiger partial charge is 0.383 e. The topological polar surface area (TPSA) is 298 Å². The summed E-state index contributed by atoms with van der Waals surface area (Å²) in [5, 5.41) is 0. The lowest BCUT2D eigenvalue weighted by atomic mass is 10.1. The van der Waals surface area contributed by atoms with Gasteiger partial charge < -0.3 is 54.4 Å². The van der Waals surface area contributed by atoms with E-state index in [1.54, 1.807) is 0 Å². The van der Waals surface area contributed by atoms with Crippen LogP contribution >= 0.6 is 15.6 Å². The fourth-order valence-corrected chi connectivity index (χ4v) is 7.14. The number of anilines is 2. The Morgan fingerprint density at radius 2 is 1.25 bits per heavy atom. The first kappa shape index (κ1) is 46.0. The third-order valence-corrected chi connectivity index (χ3v) is 10.1. The van der Waals surface area contributed by atoms with Gasteiger partial charge in [0.2, 0.25) is 0 Å². The first-order valence-electron chi connectivity index (χ1n) is 18.0. The van der Waals surface area contributed by atoms with Gasteiger partial charge in [0.1, 0.15) is 30.1 Å². The predicted octanol–water partition coefficient (Wildman–Crippen LogP) is 0.411. The van der Waals surface area contributed by atoms with Crippen LogP contribution in [0.15, 0.2) is 34.1 Å². The molecule has 7 atom stereocenters. The molecule has 56 heavy (non-hydrogen) atoms. The standard InChI is InChI=1S/C31H52N6O17P2/c1-2-9-44-10-11-45-12-13-46-14-15-47-16-17-48-18-19-50-55(40,41)52-22-25-29(24(21-49-25)36-7-5-26(32)34-30(36)38)54-56(42,43)51-20-23-3-4-28(53-23)37-8-6-27(33)35-31(37)39/h5-8,23-25,28-29H,2-4,9-22H2,1H3,(H,40,41)(H,42,43)(H2,32,34,38)(H2,33,35,39)/t23-,24?,25+,28+,29-/m0/s1. The maximum atomic E-state index is 13.2. The van der Waals surface area contributed by atoms with Gasteiger partial charge in [-0.1, -0.05) is 6.92 Å². The average Bonchev–Trinajstić information content (AvgIpc) is 3.78. The lowest BCUT2D eigenvalue weighted by Gasteiger charge is -2.26. The van der Waals surface area contributed by atoms with E-state index in [9.17, 15) is 28.5 Å². The number of phosphoric ester groups is 2. The van der Waals surface area contributed by atoms with Crippen LogP contribution in [0.2, 0.25) is 0 Å². The summed E-state index contributed by atoms with van der Waals surface area (Å²) in [6, 6.07) is 1.71. The van der Waals surface area contributed by atoms with Crippen LogP contribution in [0.3, 0.4) is 0 Å². The van der Waals surface area contributed by atoms with Gasteiger partial charge in [-0.3, -0.25) is 27.2 Å². The van der Waals surface area contributed by atoms with Crippen molar-refractivity contribution in [1.82, 2.24) is 19.1 Å². The highest BCUT2D eigenvalue weighted by atomic mass is 31.2. The fraction of sp³-hybridized carbons (Fsp3) is 0.742. The zero-order chi connectivity index (χ0) is 40.4. The lowest BCUT2D eigenvalue weighted by Crippen LogP contribution is -2.38. The van der Waals surface area contributed by atoms with E-state index in [0.717, 1.165) is 11.0 Å². The Morgan fingerprint density at radius 1 is 0.732 bits per heavy atom. The number of rotatable bonds is 28. The van der Waals surface area contributed by atoms with Crippen molar-refractivity contribution in [1.29, 1.82) is 0 Å². The van der Waals surface area contributed by atoms with Crippen LogP contribution in [-0.4, -0.2) is 140 Å². The Balaban J connectivity index is 1.18. The predicted molar refractivity (Wildman–Crippen MR) is 195 cm³/mol. The van der Waals surface area contributed by atoms with Crippen LogP contribution in [0.5, 0.6) is 0 Å². The van der Waals surface area contributed by atoms with Crippen LogP contribution in [-0.2, 0) is 60.4 Å². The molecule has 2 aromatic heterocycles. The molecule has 2 saturated heterocycles. The molecule has 4 heterocycles. The van der Waals surface area contributed by atoms with Crippen molar-refractivity contribution in [2.24, 2.45) is 0 Å². The van der Waals surface area contributed by atoms with E-state index in [4.69, 9.17) is 62.7 Å². The summed E-state index contributed by atoms with van der Waals surface area (Å²) in [4.78, 5) is 53.2. The molecule has 25 heteroatoms. The second-order valence-electron chi connectivity index (χ2n) is 12.3. The van der Waals surface area contributed by atoms with E-state index >= 15 is 0 Å². The molecular formula is C31H52N6O17P2. The highest BCUT2D eigenvalue weighted by molar-refractivity contribution is 7.47. The number of hydrogen-bond acceptors (Lipinski definition) is 19. The zero-order valence-corrected chi connectivity index (χ0v) is 32.9. The summed E-state index contributed by atoms with van der Waals surface area (Å²) in [5.74, 6) is -0.0120. The van der Waals surface area contributed by atoms with Gasteiger partial charge in [-0.15, -0.1) is 0 Å². The molecular weight excluding hydrogens is 790 g/mol. The number of nitrogen functional groups attached to an aromatic ring is 2. The third kappa shape index (κ3) is 15.9. The third-order valence-electron chi connectivity index (χ3n) is 8.08. The molecule has 0 aliphatic carbocycles. The van der Waals surface area contributed by atoms with Gasteiger partial charge in [0.05, 0.1) is 98.0 Å². The molecule has 0 aromatic carbocycles. The van der Waals surface area contributed by atoms with Crippen molar-refractivity contribution in [3.8, 4) is 0 Å². The van der Waals surface area contributed by atoms with Crippen molar-refractivity contribution in [2.45, 2.75) is 56.8 Å². The molecule has 4 rings (SSSR count). The Hall–Kier alpha value is -2.70. The molecule has 3 unspecified atom stereocenters. The summed E-state index contributed by atoms with van der Waals surface area (Å²) in [7, 11) is -9.59. The first-order chi connectivity index (χ1) is 26.9. The largest absolute Gasteiger partial charge is 0.472 e. The number of aromatic nitrogens is 4. The molecule has 0 spiro atoms. The molecule has 0 saturated carbocycles. The normalized spacial score (nSPS) is 23.3. The fourth-order valence-electron chi connectivity index (χ4n) is 5.42. The van der Waals surface area contributed by atoms with Crippen LogP contribution in [0.4, 0.5) is 11.6 Å². The van der Waals surface area contributed by atoms with Crippen LogP contribution in [0.25, 0.3) is 0 Å². The maximum Gasteiger partial charge on any atom is 0.472 e. The Kier molecular flexibility index (Phi) is 19.4. The van der Waals surface area contributed by atoms with E-state index in [1.807, 2.05) is 6.92 Å². The van der Waals surface area contributed by atoms with E-state index in [2.05, 4.69) is 9.97 Å². The molecule has 23 nitrogen and oxygen atoms in total. The summed E-state index contributed by atoms with van der Waals surface area (Å²) in [6.07, 6.45) is 0.360. The van der Waals surface area contributed by atoms with Crippen molar-refractivity contribution in [3.05, 3.63) is 45.5 Å². The number of ether oxygens (including phenoxy) is 7. The lowest BCUT2D eigenvalue weighted by molar-refractivity contribution is -0.0353. The van der Waals surface area contributed by atoms with Gasteiger partial charge in [-0.05, 0) is 31.4 Å². The van der Waals surface area contributed by atoms with Gasteiger partial charge in [0.25, 0.3) is 0 Å². The minimum Gasteiger partial charge on any atom is -0.383 e. The average molecular weight is 843 g/mol. The Labute approximate surface area is 322 Å². The Bertz CT molecular complexity index is 1690. The maximum absolute atomic E-state index is 13.2. The summed E-state index contributed by atoms with van der Waals surface area (Å²) in [5.41, 5.74) is 9.74. The van der Waals surface area contributed by atoms with Crippen molar-refractivity contribution in [2.75, 3.05) is 104 Å². The second-order valence-corrected chi connectivity index (χ2v) is 15.2. The van der Waals surface area contributed by atoms with E-state index in [0.29, 0.717) is 59.1 Å². The summed E-state index contributed by atoms with van der Waals surface area (Å²) < 4.78 is 87.3. The molecule has 0 bridgehead atoms. The van der Waals surface area contributed by atoms with Gasteiger partial charge in [0.15, 0.2) is 0 Å². The number of nitrogens with two attached hydrogens (primary N) is 2. The van der Waals surface area contributed by atoms with E-state index in [1.165, 1.54) is 29.1 Å². The van der Waals surface area contributed by atoms with Crippen LogP contribution in [0, 0.1) is 0 Å². The molecule has 2 fully saturated rings. The summed E-state index contributed by atoms with van der Waals surface area (Å²) >= 11 is 0. The SMILES string of the molecule is CCCOCCOCCOCCOCCOCCOP(=O)(O)OC[C@H]1OCC(n2ccc(N)nc2=O)[C@@H]1OP(=O)(O)OC[C@@H]1CC[C@H](n2ccc(N)nc2=O)O1. The highest BCUT2D eigenvalue weighted by Gasteiger charge is 2.46. The van der Waals surface area contributed by atoms with Gasteiger partial charge >= 0.3 is 27.0 Å². The Morgan fingerprint density at radius 3 is 1.80 bits per heavy atom. The quantitative estimate of drug-likeness (QED) is 0.0666. The minimum atomic E-state index is -4.91. The summed E-state index contributed by atoms with van der Waals surface area (Å²) in [6.45, 7) is 4.20. The number of nitrogens with zero attached hydrogens (tertiary/aromatic N) is 4. The molecule has 2 aromatic rings. The van der Waals surface area contributed by atoms with Gasteiger partial charge in [-0.25, -0.2) is 18.7 Å². The molecule has 0 amide bonds. The van der Waals surface area contributed by atoms with Crippen molar-refractivity contribution in [3.63, 3.8) is 0 Å². The first-order valence-corrected chi connectivity index (χ1v) is 21.0. The van der Waals surface area contributed by atoms with Gasteiger partial charge in [-0.2, -0.15) is 9.97 Å². The molecule has 6 N–H and O–H groups in total. The molecule has 2 aliphatic heterocycles. The monoisotopic (exact) mass is 842 g/mol. The zero-order valence-electron chi connectivity index (χ0n) is 31.1. The number of phosphoric acid groups is 2. The minimum absolute atomic E-state index is 0.0509. The number of hydrogen-bond donors (Lipinski definition) is 4. The molecule has 2 aliphatic rings.